The zero-order chi connectivity index (χ0) is 13.8. The molecule has 0 atom stereocenters. The van der Waals surface area contributed by atoms with Crippen LogP contribution in [-0.4, -0.2) is 18.0 Å². The van der Waals surface area contributed by atoms with Crippen molar-refractivity contribution in [3.63, 3.8) is 0 Å². The standard InChI is InChI=1S/C18H20BrN/c19-18-10-4-9-16-11-13-20(14-17(16)18)12-5-8-15-6-2-1-3-7-15/h1-4,6-7,9-10H,5,8,11-14H2. The molecule has 0 saturated carbocycles. The van der Waals surface area contributed by atoms with Crippen LogP contribution in [-0.2, 0) is 19.4 Å². The molecule has 3 rings (SSSR count). The Bertz CT molecular complexity index is 565. The van der Waals surface area contributed by atoms with Crippen LogP contribution in [0.4, 0.5) is 0 Å². The third-order valence-electron chi connectivity index (χ3n) is 4.08. The van der Waals surface area contributed by atoms with Gasteiger partial charge in [0.15, 0.2) is 0 Å². The van der Waals surface area contributed by atoms with Gasteiger partial charge in [-0.25, -0.2) is 0 Å². The van der Waals surface area contributed by atoms with Gasteiger partial charge in [-0.1, -0.05) is 58.4 Å². The van der Waals surface area contributed by atoms with Crippen molar-refractivity contribution in [3.05, 3.63) is 69.7 Å². The molecule has 0 amide bonds. The quantitative estimate of drug-likeness (QED) is 0.801. The van der Waals surface area contributed by atoms with Crippen molar-refractivity contribution in [2.75, 3.05) is 13.1 Å². The second-order valence-corrected chi connectivity index (χ2v) is 6.35. The van der Waals surface area contributed by atoms with Gasteiger partial charge >= 0.3 is 0 Å². The number of rotatable bonds is 4. The molecule has 0 aliphatic carbocycles. The van der Waals surface area contributed by atoms with Gasteiger partial charge in [0.2, 0.25) is 0 Å². The minimum Gasteiger partial charge on any atom is -0.299 e. The Kier molecular flexibility index (Phi) is 4.54. The van der Waals surface area contributed by atoms with Gasteiger partial charge < -0.3 is 0 Å². The summed E-state index contributed by atoms with van der Waals surface area (Å²) in [5.74, 6) is 0. The van der Waals surface area contributed by atoms with Gasteiger partial charge in [0.1, 0.15) is 0 Å². The summed E-state index contributed by atoms with van der Waals surface area (Å²) < 4.78 is 1.27. The summed E-state index contributed by atoms with van der Waals surface area (Å²) in [6.45, 7) is 3.47. The topological polar surface area (TPSA) is 3.24 Å². The summed E-state index contributed by atoms with van der Waals surface area (Å²) in [5.41, 5.74) is 4.45. The molecule has 0 bridgehead atoms. The Morgan fingerprint density at radius 3 is 2.70 bits per heavy atom. The van der Waals surface area contributed by atoms with Crippen LogP contribution in [0.5, 0.6) is 0 Å². The van der Waals surface area contributed by atoms with Crippen molar-refractivity contribution >= 4 is 15.9 Å². The lowest BCUT2D eigenvalue weighted by Crippen LogP contribution is -2.31. The maximum absolute atomic E-state index is 3.69. The summed E-state index contributed by atoms with van der Waals surface area (Å²) in [5, 5.41) is 0. The van der Waals surface area contributed by atoms with E-state index in [0.29, 0.717) is 0 Å². The van der Waals surface area contributed by atoms with E-state index in [9.17, 15) is 0 Å². The fourth-order valence-corrected chi connectivity index (χ4v) is 3.47. The fraction of sp³-hybridized carbons (Fsp3) is 0.333. The van der Waals surface area contributed by atoms with Crippen LogP contribution in [0.3, 0.4) is 0 Å². The third kappa shape index (κ3) is 3.31. The van der Waals surface area contributed by atoms with Crippen molar-refractivity contribution < 1.29 is 0 Å². The zero-order valence-electron chi connectivity index (χ0n) is 11.7. The molecule has 0 spiro atoms. The molecule has 1 aliphatic heterocycles. The Hall–Kier alpha value is -1.12. The van der Waals surface area contributed by atoms with E-state index >= 15 is 0 Å². The van der Waals surface area contributed by atoms with E-state index < -0.39 is 0 Å². The highest BCUT2D eigenvalue weighted by Crippen LogP contribution is 2.26. The zero-order valence-corrected chi connectivity index (χ0v) is 13.3. The van der Waals surface area contributed by atoms with Crippen molar-refractivity contribution in [2.24, 2.45) is 0 Å². The molecule has 0 aromatic heterocycles. The van der Waals surface area contributed by atoms with E-state index in [1.807, 2.05) is 0 Å². The first kappa shape index (κ1) is 13.8. The summed E-state index contributed by atoms with van der Waals surface area (Å²) in [4.78, 5) is 2.58. The van der Waals surface area contributed by atoms with Crippen molar-refractivity contribution in [3.8, 4) is 0 Å². The van der Waals surface area contributed by atoms with Gasteiger partial charge in [-0.15, -0.1) is 0 Å². The van der Waals surface area contributed by atoms with E-state index in [2.05, 4.69) is 69.4 Å². The molecule has 1 heterocycles. The van der Waals surface area contributed by atoms with Crippen LogP contribution in [0.2, 0.25) is 0 Å². The van der Waals surface area contributed by atoms with E-state index in [4.69, 9.17) is 0 Å². The van der Waals surface area contributed by atoms with Gasteiger partial charge in [0, 0.05) is 17.6 Å². The van der Waals surface area contributed by atoms with Gasteiger partial charge in [0.05, 0.1) is 0 Å². The molecule has 1 aliphatic rings. The highest BCUT2D eigenvalue weighted by Gasteiger charge is 2.17. The van der Waals surface area contributed by atoms with Crippen molar-refractivity contribution in [1.29, 1.82) is 0 Å². The molecular weight excluding hydrogens is 310 g/mol. The summed E-state index contributed by atoms with van der Waals surface area (Å²) in [7, 11) is 0. The SMILES string of the molecule is Brc1cccc2c1CN(CCCc1ccccc1)CC2. The highest BCUT2D eigenvalue weighted by molar-refractivity contribution is 9.10. The number of fused-ring (bicyclic) bond motifs is 1. The monoisotopic (exact) mass is 329 g/mol. The van der Waals surface area contributed by atoms with E-state index in [0.717, 1.165) is 6.54 Å². The Labute approximate surface area is 129 Å². The predicted octanol–water partition coefficient (Wildman–Crippen LogP) is 4.44. The van der Waals surface area contributed by atoms with E-state index in [1.165, 1.54) is 53.5 Å². The molecular formula is C18H20BrN. The second kappa shape index (κ2) is 6.55. The summed E-state index contributed by atoms with van der Waals surface area (Å²) in [6, 6.07) is 17.4. The largest absolute Gasteiger partial charge is 0.299 e. The lowest BCUT2D eigenvalue weighted by molar-refractivity contribution is 0.250. The normalized spacial score (nSPS) is 15.1. The minimum absolute atomic E-state index is 1.09. The Morgan fingerprint density at radius 1 is 1.00 bits per heavy atom. The first-order valence-corrected chi connectivity index (χ1v) is 8.15. The lowest BCUT2D eigenvalue weighted by atomic mass is 9.99. The van der Waals surface area contributed by atoms with Gasteiger partial charge in [0.25, 0.3) is 0 Å². The van der Waals surface area contributed by atoms with Crippen molar-refractivity contribution in [2.45, 2.75) is 25.8 Å². The van der Waals surface area contributed by atoms with Crippen LogP contribution in [0.1, 0.15) is 23.1 Å². The highest BCUT2D eigenvalue weighted by atomic mass is 79.9. The molecule has 1 nitrogen and oxygen atoms in total. The fourth-order valence-electron chi connectivity index (χ4n) is 2.94. The van der Waals surface area contributed by atoms with Crippen LogP contribution in [0.25, 0.3) is 0 Å². The van der Waals surface area contributed by atoms with Gasteiger partial charge in [-0.3, -0.25) is 4.90 Å². The predicted molar refractivity (Wildman–Crippen MR) is 87.9 cm³/mol. The molecule has 0 radical (unpaired) electrons. The molecule has 0 fully saturated rings. The molecule has 104 valence electrons. The van der Waals surface area contributed by atoms with E-state index in [1.54, 1.807) is 0 Å². The smallest absolute Gasteiger partial charge is 0.0247 e. The number of aryl methyl sites for hydroxylation is 1. The molecule has 2 heteroatoms. The number of hydrogen-bond acceptors (Lipinski definition) is 1. The van der Waals surface area contributed by atoms with Crippen LogP contribution in [0.15, 0.2) is 53.0 Å². The number of hydrogen-bond donors (Lipinski definition) is 0. The summed E-state index contributed by atoms with van der Waals surface area (Å²) >= 11 is 3.69. The van der Waals surface area contributed by atoms with Crippen LogP contribution >= 0.6 is 15.9 Å². The van der Waals surface area contributed by atoms with Crippen LogP contribution < -0.4 is 0 Å². The molecule has 2 aromatic rings. The molecule has 0 N–H and O–H groups in total. The van der Waals surface area contributed by atoms with Crippen LogP contribution in [0, 0.1) is 0 Å². The van der Waals surface area contributed by atoms with E-state index in [-0.39, 0.29) is 0 Å². The third-order valence-corrected chi connectivity index (χ3v) is 4.82. The first-order chi connectivity index (χ1) is 9.83. The number of halogens is 1. The Morgan fingerprint density at radius 2 is 1.85 bits per heavy atom. The summed E-state index contributed by atoms with van der Waals surface area (Å²) in [6.07, 6.45) is 3.60. The molecule has 2 aromatic carbocycles. The molecule has 20 heavy (non-hydrogen) atoms. The van der Waals surface area contributed by atoms with Crippen molar-refractivity contribution in [1.82, 2.24) is 4.90 Å². The average Bonchev–Trinajstić information content (AvgIpc) is 2.49. The maximum atomic E-state index is 3.69. The Balaban J connectivity index is 1.54. The molecule has 0 saturated heterocycles. The second-order valence-electron chi connectivity index (χ2n) is 5.49. The number of benzene rings is 2. The first-order valence-electron chi connectivity index (χ1n) is 7.35. The van der Waals surface area contributed by atoms with Gasteiger partial charge in [-0.05, 0) is 48.6 Å². The minimum atomic E-state index is 1.09. The average molecular weight is 330 g/mol. The molecule has 0 unspecified atom stereocenters. The van der Waals surface area contributed by atoms with Gasteiger partial charge in [-0.2, -0.15) is 0 Å². The lowest BCUT2D eigenvalue weighted by Gasteiger charge is -2.29. The number of nitrogens with zero attached hydrogens (tertiary/aromatic N) is 1. The maximum Gasteiger partial charge on any atom is 0.0247 e.